The molecule has 6 heteroatoms. The van der Waals surface area contributed by atoms with E-state index in [1.807, 2.05) is 6.92 Å². The Morgan fingerprint density at radius 3 is 2.47 bits per heavy atom. The molecule has 19 heavy (non-hydrogen) atoms. The van der Waals surface area contributed by atoms with Crippen LogP contribution >= 0.6 is 0 Å². The first-order valence-electron chi connectivity index (χ1n) is 6.95. The van der Waals surface area contributed by atoms with Crippen LogP contribution < -0.4 is 15.4 Å². The normalized spacial score (nSPS) is 18.4. The summed E-state index contributed by atoms with van der Waals surface area (Å²) in [4.78, 5) is 14.7. The summed E-state index contributed by atoms with van der Waals surface area (Å²) in [5.74, 6) is 0.853. The second-order valence-electron chi connectivity index (χ2n) is 5.36. The monoisotopic (exact) mass is 265 g/mol. The van der Waals surface area contributed by atoms with E-state index in [2.05, 4.69) is 33.7 Å². The van der Waals surface area contributed by atoms with Crippen molar-refractivity contribution in [2.24, 2.45) is 5.41 Å². The van der Waals surface area contributed by atoms with Crippen LogP contribution in [0.1, 0.15) is 40.0 Å². The van der Waals surface area contributed by atoms with E-state index in [0.717, 1.165) is 25.9 Å². The number of hydrogen-bond acceptors (Lipinski definition) is 6. The van der Waals surface area contributed by atoms with Gasteiger partial charge in [-0.1, -0.05) is 20.3 Å². The highest BCUT2D eigenvalue weighted by Gasteiger charge is 2.29. The predicted molar refractivity (Wildman–Crippen MR) is 75.3 cm³/mol. The molecule has 0 spiro atoms. The summed E-state index contributed by atoms with van der Waals surface area (Å²) >= 11 is 0. The lowest BCUT2D eigenvalue weighted by molar-refractivity contribution is 0.236. The van der Waals surface area contributed by atoms with Crippen LogP contribution in [0.25, 0.3) is 0 Å². The number of nitrogens with two attached hydrogens (primary N) is 1. The van der Waals surface area contributed by atoms with Gasteiger partial charge in [0.25, 0.3) is 0 Å². The van der Waals surface area contributed by atoms with Gasteiger partial charge in [-0.2, -0.15) is 15.0 Å². The largest absolute Gasteiger partial charge is 0.464 e. The van der Waals surface area contributed by atoms with Gasteiger partial charge < -0.3 is 15.4 Å². The molecule has 0 aliphatic carbocycles. The summed E-state index contributed by atoms with van der Waals surface area (Å²) in [7, 11) is 0. The van der Waals surface area contributed by atoms with Crippen LogP contribution in [0.4, 0.5) is 11.9 Å². The summed E-state index contributed by atoms with van der Waals surface area (Å²) in [5.41, 5.74) is 6.15. The Hall–Kier alpha value is -1.59. The Morgan fingerprint density at radius 2 is 1.89 bits per heavy atom. The van der Waals surface area contributed by atoms with E-state index in [4.69, 9.17) is 10.5 Å². The van der Waals surface area contributed by atoms with Crippen molar-refractivity contribution in [3.8, 4) is 6.01 Å². The van der Waals surface area contributed by atoms with Gasteiger partial charge in [-0.25, -0.2) is 0 Å². The molecule has 2 N–H and O–H groups in total. The molecule has 0 unspecified atom stereocenters. The van der Waals surface area contributed by atoms with Gasteiger partial charge in [0.15, 0.2) is 0 Å². The SMILES string of the molecule is CCOc1nc(N)nc(N2CCC(C)(CC)CC2)n1. The second-order valence-corrected chi connectivity index (χ2v) is 5.36. The summed E-state index contributed by atoms with van der Waals surface area (Å²) in [6.45, 7) is 8.93. The van der Waals surface area contributed by atoms with E-state index in [-0.39, 0.29) is 5.95 Å². The molecule has 1 aromatic rings. The van der Waals surface area contributed by atoms with E-state index in [1.165, 1.54) is 6.42 Å². The summed E-state index contributed by atoms with van der Waals surface area (Å²) < 4.78 is 5.31. The van der Waals surface area contributed by atoms with Crippen LogP contribution in [0.3, 0.4) is 0 Å². The second kappa shape index (κ2) is 5.59. The van der Waals surface area contributed by atoms with Gasteiger partial charge in [0.1, 0.15) is 0 Å². The third-order valence-electron chi connectivity index (χ3n) is 4.00. The Morgan fingerprint density at radius 1 is 1.21 bits per heavy atom. The third-order valence-corrected chi connectivity index (χ3v) is 4.00. The van der Waals surface area contributed by atoms with E-state index >= 15 is 0 Å². The fraction of sp³-hybridized carbons (Fsp3) is 0.769. The first-order valence-corrected chi connectivity index (χ1v) is 6.95. The number of nitrogen functional groups attached to an aromatic ring is 1. The average Bonchev–Trinajstić information content (AvgIpc) is 2.39. The lowest BCUT2D eigenvalue weighted by atomic mass is 9.78. The van der Waals surface area contributed by atoms with E-state index in [9.17, 15) is 0 Å². The first kappa shape index (κ1) is 13.8. The molecule has 0 atom stereocenters. The molecular weight excluding hydrogens is 242 g/mol. The Bertz CT molecular complexity index is 429. The molecule has 0 aromatic carbocycles. The van der Waals surface area contributed by atoms with Crippen LogP contribution in [-0.2, 0) is 0 Å². The maximum atomic E-state index is 5.71. The summed E-state index contributed by atoms with van der Waals surface area (Å²) in [5, 5.41) is 0. The van der Waals surface area contributed by atoms with E-state index < -0.39 is 0 Å². The van der Waals surface area contributed by atoms with Crippen molar-refractivity contribution in [3.63, 3.8) is 0 Å². The number of anilines is 2. The van der Waals surface area contributed by atoms with Gasteiger partial charge in [0, 0.05) is 13.1 Å². The highest BCUT2D eigenvalue weighted by molar-refractivity contribution is 5.36. The molecule has 1 aliphatic heterocycles. The molecule has 1 fully saturated rings. The zero-order chi connectivity index (χ0) is 13.9. The minimum Gasteiger partial charge on any atom is -0.464 e. The summed E-state index contributed by atoms with van der Waals surface area (Å²) in [6.07, 6.45) is 3.52. The minimum atomic E-state index is 0.220. The Balaban J connectivity index is 2.10. The standard InChI is InChI=1S/C13H23N5O/c1-4-13(3)6-8-18(9-7-13)11-15-10(14)16-12(17-11)19-5-2/h4-9H2,1-3H3,(H2,14,15,16,17). The number of rotatable bonds is 4. The maximum absolute atomic E-state index is 5.71. The van der Waals surface area contributed by atoms with Crippen LogP contribution in [0.5, 0.6) is 6.01 Å². The topological polar surface area (TPSA) is 77.2 Å². The molecule has 0 saturated carbocycles. The number of aromatic nitrogens is 3. The lowest BCUT2D eigenvalue weighted by Crippen LogP contribution is -2.39. The molecule has 1 saturated heterocycles. The maximum Gasteiger partial charge on any atom is 0.323 e. The van der Waals surface area contributed by atoms with Gasteiger partial charge in [-0.15, -0.1) is 0 Å². The Kier molecular flexibility index (Phi) is 4.07. The van der Waals surface area contributed by atoms with E-state index in [0.29, 0.717) is 24.0 Å². The highest BCUT2D eigenvalue weighted by atomic mass is 16.5. The molecule has 6 nitrogen and oxygen atoms in total. The fourth-order valence-corrected chi connectivity index (χ4v) is 2.30. The van der Waals surface area contributed by atoms with Crippen molar-refractivity contribution in [1.82, 2.24) is 15.0 Å². The summed E-state index contributed by atoms with van der Waals surface area (Å²) in [6, 6.07) is 0.314. The molecule has 2 rings (SSSR count). The van der Waals surface area contributed by atoms with Crippen molar-refractivity contribution in [3.05, 3.63) is 0 Å². The van der Waals surface area contributed by atoms with Gasteiger partial charge >= 0.3 is 6.01 Å². The van der Waals surface area contributed by atoms with Crippen LogP contribution in [0, 0.1) is 5.41 Å². The van der Waals surface area contributed by atoms with Crippen molar-refractivity contribution >= 4 is 11.9 Å². The number of nitrogens with zero attached hydrogens (tertiary/aromatic N) is 4. The smallest absolute Gasteiger partial charge is 0.323 e. The highest BCUT2D eigenvalue weighted by Crippen LogP contribution is 2.35. The van der Waals surface area contributed by atoms with Gasteiger partial charge in [-0.3, -0.25) is 0 Å². The number of piperidine rings is 1. The van der Waals surface area contributed by atoms with E-state index in [1.54, 1.807) is 0 Å². The number of hydrogen-bond donors (Lipinski definition) is 1. The van der Waals surface area contributed by atoms with Crippen LogP contribution in [0.2, 0.25) is 0 Å². The molecule has 0 radical (unpaired) electrons. The predicted octanol–water partition coefficient (Wildman–Crippen LogP) is 1.87. The van der Waals surface area contributed by atoms with Crippen LogP contribution in [0.15, 0.2) is 0 Å². The van der Waals surface area contributed by atoms with Crippen molar-refractivity contribution < 1.29 is 4.74 Å². The molecule has 1 aromatic heterocycles. The lowest BCUT2D eigenvalue weighted by Gasteiger charge is -2.38. The zero-order valence-electron chi connectivity index (χ0n) is 12.0. The molecule has 0 bridgehead atoms. The Labute approximate surface area is 114 Å². The van der Waals surface area contributed by atoms with Crippen molar-refractivity contribution in [2.45, 2.75) is 40.0 Å². The van der Waals surface area contributed by atoms with Gasteiger partial charge in [-0.05, 0) is 25.2 Å². The van der Waals surface area contributed by atoms with Crippen molar-refractivity contribution in [1.29, 1.82) is 0 Å². The molecular formula is C13H23N5O. The molecule has 106 valence electrons. The third kappa shape index (κ3) is 3.24. The molecule has 1 aliphatic rings. The first-order chi connectivity index (χ1) is 9.06. The average molecular weight is 265 g/mol. The van der Waals surface area contributed by atoms with Gasteiger partial charge in [0.2, 0.25) is 11.9 Å². The molecule has 2 heterocycles. The van der Waals surface area contributed by atoms with Crippen molar-refractivity contribution in [2.75, 3.05) is 30.3 Å². The van der Waals surface area contributed by atoms with Gasteiger partial charge in [0.05, 0.1) is 6.61 Å². The quantitative estimate of drug-likeness (QED) is 0.895. The minimum absolute atomic E-state index is 0.220. The number of ether oxygens (including phenoxy) is 1. The fourth-order valence-electron chi connectivity index (χ4n) is 2.30. The zero-order valence-corrected chi connectivity index (χ0v) is 12.0. The van der Waals surface area contributed by atoms with Crippen LogP contribution in [-0.4, -0.2) is 34.6 Å². The molecule has 0 amide bonds.